The number of benzene rings is 1. The second kappa shape index (κ2) is 7.24. The van der Waals surface area contributed by atoms with Crippen molar-refractivity contribution >= 4 is 39.2 Å². The van der Waals surface area contributed by atoms with Gasteiger partial charge in [-0.15, -0.1) is 0 Å². The van der Waals surface area contributed by atoms with Gasteiger partial charge in [-0.1, -0.05) is 23.2 Å². The van der Waals surface area contributed by atoms with Crippen molar-refractivity contribution in [2.75, 3.05) is 20.3 Å². The first-order valence-electron chi connectivity index (χ1n) is 5.50. The third-order valence-electron chi connectivity index (χ3n) is 2.36. The van der Waals surface area contributed by atoms with Gasteiger partial charge < -0.3 is 9.84 Å². The normalized spacial score (nSPS) is 11.6. The summed E-state index contributed by atoms with van der Waals surface area (Å²) in [7, 11) is -2.40. The first-order chi connectivity index (χ1) is 9.29. The first kappa shape index (κ1) is 17.2. The van der Waals surface area contributed by atoms with Crippen LogP contribution in [0, 0.1) is 0 Å². The molecule has 0 aliphatic carbocycles. The lowest BCUT2D eigenvalue weighted by atomic mass is 10.2. The molecule has 1 aromatic rings. The summed E-state index contributed by atoms with van der Waals surface area (Å²) in [6.45, 7) is 0.550. The molecule has 0 fully saturated rings. The van der Waals surface area contributed by atoms with Crippen molar-refractivity contribution in [1.82, 2.24) is 4.72 Å². The largest absolute Gasteiger partial charge is 0.478 e. The molecular formula is C11H13Cl2NO5S. The van der Waals surface area contributed by atoms with Gasteiger partial charge in [0, 0.05) is 20.3 Å². The predicted octanol–water partition coefficient (Wildman–Crippen LogP) is 2.01. The summed E-state index contributed by atoms with van der Waals surface area (Å²) in [6, 6.07) is 2.03. The summed E-state index contributed by atoms with van der Waals surface area (Å²) in [6.07, 6.45) is 0.479. The number of ether oxygens (including phenoxy) is 1. The summed E-state index contributed by atoms with van der Waals surface area (Å²) >= 11 is 11.5. The Morgan fingerprint density at radius 1 is 1.35 bits per heavy atom. The maximum Gasteiger partial charge on any atom is 0.337 e. The van der Waals surface area contributed by atoms with Crippen molar-refractivity contribution in [3.05, 3.63) is 27.7 Å². The van der Waals surface area contributed by atoms with E-state index in [0.717, 1.165) is 12.1 Å². The molecule has 9 heteroatoms. The minimum absolute atomic E-state index is 0.124. The average molecular weight is 342 g/mol. The van der Waals surface area contributed by atoms with Crippen LogP contribution in [0.2, 0.25) is 10.0 Å². The molecule has 0 atom stereocenters. The van der Waals surface area contributed by atoms with Crippen LogP contribution in [-0.4, -0.2) is 39.8 Å². The SMILES string of the molecule is COCCCNS(=O)(=O)c1cc(C(=O)O)c(Cl)cc1Cl. The summed E-state index contributed by atoms with van der Waals surface area (Å²) in [5.41, 5.74) is -0.326. The number of hydrogen-bond acceptors (Lipinski definition) is 4. The van der Waals surface area contributed by atoms with E-state index in [-0.39, 0.29) is 27.0 Å². The summed E-state index contributed by atoms with van der Waals surface area (Å²) in [4.78, 5) is 10.6. The van der Waals surface area contributed by atoms with E-state index in [4.69, 9.17) is 33.0 Å². The highest BCUT2D eigenvalue weighted by Crippen LogP contribution is 2.28. The summed E-state index contributed by atoms with van der Waals surface area (Å²) < 4.78 is 31.2. The number of methoxy groups -OCH3 is 1. The van der Waals surface area contributed by atoms with Crippen molar-refractivity contribution in [1.29, 1.82) is 0 Å². The molecule has 2 N–H and O–H groups in total. The van der Waals surface area contributed by atoms with E-state index in [9.17, 15) is 13.2 Å². The monoisotopic (exact) mass is 341 g/mol. The number of hydrogen-bond donors (Lipinski definition) is 2. The molecule has 0 unspecified atom stereocenters. The van der Waals surface area contributed by atoms with Crippen molar-refractivity contribution in [2.24, 2.45) is 0 Å². The first-order valence-corrected chi connectivity index (χ1v) is 7.74. The molecule has 0 spiro atoms. The molecule has 1 aromatic carbocycles. The maximum absolute atomic E-state index is 12.0. The van der Waals surface area contributed by atoms with Crippen molar-refractivity contribution in [2.45, 2.75) is 11.3 Å². The number of nitrogens with one attached hydrogen (secondary N) is 1. The van der Waals surface area contributed by atoms with Gasteiger partial charge in [0.25, 0.3) is 0 Å². The molecule has 1 rings (SSSR count). The average Bonchev–Trinajstić information content (AvgIpc) is 2.33. The van der Waals surface area contributed by atoms with Gasteiger partial charge in [-0.2, -0.15) is 0 Å². The Balaban J connectivity index is 3.05. The van der Waals surface area contributed by atoms with Crippen LogP contribution in [0.1, 0.15) is 16.8 Å². The molecule has 0 radical (unpaired) electrons. The zero-order chi connectivity index (χ0) is 15.3. The van der Waals surface area contributed by atoms with E-state index in [0.29, 0.717) is 13.0 Å². The van der Waals surface area contributed by atoms with Crippen LogP contribution in [0.15, 0.2) is 17.0 Å². The van der Waals surface area contributed by atoms with Gasteiger partial charge in [0.1, 0.15) is 4.90 Å². The summed E-state index contributed by atoms with van der Waals surface area (Å²) in [5.74, 6) is -1.33. The summed E-state index contributed by atoms with van der Waals surface area (Å²) in [5, 5.41) is 8.67. The molecule has 112 valence electrons. The second-order valence-electron chi connectivity index (χ2n) is 3.81. The zero-order valence-electron chi connectivity index (χ0n) is 10.5. The van der Waals surface area contributed by atoms with Crippen molar-refractivity contribution < 1.29 is 23.1 Å². The van der Waals surface area contributed by atoms with E-state index in [2.05, 4.69) is 4.72 Å². The van der Waals surface area contributed by atoms with E-state index in [1.54, 1.807) is 0 Å². The number of carboxylic acids is 1. The Labute approximate surface area is 126 Å². The fourth-order valence-electron chi connectivity index (χ4n) is 1.40. The van der Waals surface area contributed by atoms with Crippen molar-refractivity contribution in [3.8, 4) is 0 Å². The topological polar surface area (TPSA) is 92.7 Å². The highest BCUT2D eigenvalue weighted by atomic mass is 35.5. The zero-order valence-corrected chi connectivity index (χ0v) is 12.8. The third kappa shape index (κ3) is 4.32. The number of rotatable bonds is 7. The van der Waals surface area contributed by atoms with Gasteiger partial charge in [-0.25, -0.2) is 17.9 Å². The molecule has 0 saturated heterocycles. The number of aromatic carboxylic acids is 1. The van der Waals surface area contributed by atoms with Gasteiger partial charge in [0.15, 0.2) is 0 Å². The van der Waals surface area contributed by atoms with Gasteiger partial charge in [0.05, 0.1) is 15.6 Å². The number of carbonyl (C=O) groups is 1. The van der Waals surface area contributed by atoms with Gasteiger partial charge in [0.2, 0.25) is 10.0 Å². The minimum atomic E-state index is -3.90. The van der Waals surface area contributed by atoms with E-state index in [1.165, 1.54) is 7.11 Å². The van der Waals surface area contributed by atoms with Crippen LogP contribution >= 0.6 is 23.2 Å². The van der Waals surface area contributed by atoms with Crippen LogP contribution in [0.25, 0.3) is 0 Å². The number of sulfonamides is 1. The third-order valence-corrected chi connectivity index (χ3v) is 4.60. The number of carboxylic acid groups (broad SMARTS) is 1. The number of halogens is 2. The molecule has 0 aromatic heterocycles. The van der Waals surface area contributed by atoms with E-state index >= 15 is 0 Å². The fraction of sp³-hybridized carbons (Fsp3) is 0.364. The lowest BCUT2D eigenvalue weighted by Crippen LogP contribution is -2.26. The molecule has 0 aliphatic heterocycles. The second-order valence-corrected chi connectivity index (χ2v) is 6.36. The lowest BCUT2D eigenvalue weighted by Gasteiger charge is -2.10. The molecule has 0 bridgehead atoms. The van der Waals surface area contributed by atoms with Crippen LogP contribution in [0.4, 0.5) is 0 Å². The van der Waals surface area contributed by atoms with Crippen LogP contribution in [0.5, 0.6) is 0 Å². The Hall–Kier alpha value is -0.860. The maximum atomic E-state index is 12.0. The Morgan fingerprint density at radius 2 is 2.00 bits per heavy atom. The van der Waals surface area contributed by atoms with Gasteiger partial charge in [-0.05, 0) is 18.6 Å². The van der Waals surface area contributed by atoms with Crippen LogP contribution in [0.3, 0.4) is 0 Å². The van der Waals surface area contributed by atoms with Crippen LogP contribution in [-0.2, 0) is 14.8 Å². The van der Waals surface area contributed by atoms with Crippen LogP contribution < -0.4 is 4.72 Å². The Bertz CT molecular complexity index is 603. The Morgan fingerprint density at radius 3 is 2.55 bits per heavy atom. The molecular weight excluding hydrogens is 329 g/mol. The molecule has 20 heavy (non-hydrogen) atoms. The molecule has 6 nitrogen and oxygen atoms in total. The Kier molecular flexibility index (Phi) is 6.22. The molecule has 0 heterocycles. The van der Waals surface area contributed by atoms with Crippen molar-refractivity contribution in [3.63, 3.8) is 0 Å². The highest BCUT2D eigenvalue weighted by Gasteiger charge is 2.22. The molecule has 0 saturated carbocycles. The highest BCUT2D eigenvalue weighted by molar-refractivity contribution is 7.89. The van der Waals surface area contributed by atoms with Gasteiger partial charge in [-0.3, -0.25) is 0 Å². The molecule has 0 amide bonds. The van der Waals surface area contributed by atoms with E-state index in [1.807, 2.05) is 0 Å². The van der Waals surface area contributed by atoms with E-state index < -0.39 is 16.0 Å². The molecule has 0 aliphatic rings. The standard InChI is InChI=1S/C11H13Cl2NO5S/c1-19-4-2-3-14-20(17,18)10-5-7(11(15)16)8(12)6-9(10)13/h5-6,14H,2-4H2,1H3,(H,15,16). The smallest absolute Gasteiger partial charge is 0.337 e. The minimum Gasteiger partial charge on any atom is -0.478 e. The lowest BCUT2D eigenvalue weighted by molar-refractivity contribution is 0.0697. The van der Waals surface area contributed by atoms with Gasteiger partial charge >= 0.3 is 5.97 Å². The fourth-order valence-corrected chi connectivity index (χ4v) is 3.33. The predicted molar refractivity (Wildman–Crippen MR) is 75.1 cm³/mol. The quantitative estimate of drug-likeness (QED) is 0.740.